The summed E-state index contributed by atoms with van der Waals surface area (Å²) in [6.07, 6.45) is 2.40. The minimum Gasteiger partial charge on any atom is -0.326 e. The first kappa shape index (κ1) is 16.6. The van der Waals surface area contributed by atoms with Gasteiger partial charge in [-0.2, -0.15) is 0 Å². The quantitative estimate of drug-likeness (QED) is 0.861. The third-order valence-electron chi connectivity index (χ3n) is 4.83. The number of carbonyl (C=O) groups excluding carboxylic acids is 3. The lowest BCUT2D eigenvalue weighted by Crippen LogP contribution is -2.45. The second-order valence-corrected chi connectivity index (χ2v) is 6.73. The summed E-state index contributed by atoms with van der Waals surface area (Å²) in [6.45, 7) is 5.41. The van der Waals surface area contributed by atoms with Crippen LogP contribution in [0.3, 0.4) is 0 Å². The number of nitrogens with zero attached hydrogens (tertiary/aromatic N) is 2. The highest BCUT2D eigenvalue weighted by Crippen LogP contribution is 2.29. The van der Waals surface area contributed by atoms with Crippen LogP contribution >= 0.6 is 0 Å². The fourth-order valence-electron chi connectivity index (χ4n) is 3.41. The van der Waals surface area contributed by atoms with Crippen molar-refractivity contribution < 1.29 is 14.4 Å². The summed E-state index contributed by atoms with van der Waals surface area (Å²) >= 11 is 0. The summed E-state index contributed by atoms with van der Waals surface area (Å²) in [5, 5.41) is 2.67. The molecule has 6 heteroatoms. The van der Waals surface area contributed by atoms with Gasteiger partial charge in [0.1, 0.15) is 0 Å². The highest BCUT2D eigenvalue weighted by Gasteiger charge is 2.43. The monoisotopic (exact) mass is 329 g/mol. The van der Waals surface area contributed by atoms with E-state index in [1.807, 2.05) is 0 Å². The lowest BCUT2D eigenvalue weighted by Gasteiger charge is -2.33. The number of hydrogen-bond donors (Lipinski definition) is 1. The zero-order valence-corrected chi connectivity index (χ0v) is 14.1. The largest absolute Gasteiger partial charge is 0.326 e. The molecule has 2 saturated heterocycles. The molecule has 128 valence electrons. The highest BCUT2D eigenvalue weighted by atomic mass is 16.2. The third-order valence-corrected chi connectivity index (χ3v) is 4.83. The van der Waals surface area contributed by atoms with Crippen molar-refractivity contribution in [3.63, 3.8) is 0 Å². The number of rotatable bonds is 3. The van der Waals surface area contributed by atoms with Gasteiger partial charge in [-0.3, -0.25) is 19.3 Å². The van der Waals surface area contributed by atoms with Crippen molar-refractivity contribution in [2.24, 2.45) is 5.92 Å². The van der Waals surface area contributed by atoms with Gasteiger partial charge in [-0.05, 0) is 56.1 Å². The molecule has 0 aromatic heterocycles. The standard InChI is InChI=1S/C18H23N3O3/c1-12-7-9-20(10-8-12)16-11-17(23)21(18(16)24)15-5-3-14(4-6-15)19-13(2)22/h3-6,12,16H,7-11H2,1-2H3,(H,19,22)/t16-/m0/s1. The maximum Gasteiger partial charge on any atom is 0.251 e. The van der Waals surface area contributed by atoms with Gasteiger partial charge in [0.05, 0.1) is 18.2 Å². The van der Waals surface area contributed by atoms with Crippen LogP contribution in [0, 0.1) is 5.92 Å². The number of piperidine rings is 1. The van der Waals surface area contributed by atoms with Crippen molar-refractivity contribution in [1.29, 1.82) is 0 Å². The van der Waals surface area contributed by atoms with E-state index in [0.717, 1.165) is 25.9 Å². The second-order valence-electron chi connectivity index (χ2n) is 6.73. The minimum absolute atomic E-state index is 0.137. The molecule has 0 unspecified atom stereocenters. The topological polar surface area (TPSA) is 69.7 Å². The third kappa shape index (κ3) is 3.33. The summed E-state index contributed by atoms with van der Waals surface area (Å²) in [6, 6.07) is 6.46. The first-order chi connectivity index (χ1) is 11.5. The van der Waals surface area contributed by atoms with E-state index in [1.165, 1.54) is 11.8 Å². The number of nitrogens with one attached hydrogen (secondary N) is 1. The van der Waals surface area contributed by atoms with Crippen LogP contribution in [-0.4, -0.2) is 41.8 Å². The molecule has 0 spiro atoms. The number of likely N-dealkylation sites (tertiary alicyclic amines) is 1. The number of anilines is 2. The maximum absolute atomic E-state index is 12.8. The summed E-state index contributed by atoms with van der Waals surface area (Å²) < 4.78 is 0. The molecule has 1 aromatic rings. The second kappa shape index (κ2) is 6.73. The Labute approximate surface area is 141 Å². The van der Waals surface area contributed by atoms with E-state index in [4.69, 9.17) is 0 Å². The summed E-state index contributed by atoms with van der Waals surface area (Å²) in [7, 11) is 0. The van der Waals surface area contributed by atoms with Gasteiger partial charge in [0.25, 0.3) is 5.91 Å². The normalized spacial score (nSPS) is 22.9. The number of imide groups is 1. The van der Waals surface area contributed by atoms with Crippen molar-refractivity contribution in [2.75, 3.05) is 23.3 Å². The molecule has 1 N–H and O–H groups in total. The van der Waals surface area contributed by atoms with E-state index in [0.29, 0.717) is 17.3 Å². The van der Waals surface area contributed by atoms with Gasteiger partial charge in [0.2, 0.25) is 11.8 Å². The van der Waals surface area contributed by atoms with Gasteiger partial charge in [0, 0.05) is 12.6 Å². The molecule has 24 heavy (non-hydrogen) atoms. The van der Waals surface area contributed by atoms with Crippen LogP contribution < -0.4 is 10.2 Å². The van der Waals surface area contributed by atoms with Crippen LogP contribution in [0.25, 0.3) is 0 Å². The Morgan fingerprint density at radius 3 is 2.33 bits per heavy atom. The fraction of sp³-hybridized carbons (Fsp3) is 0.500. The van der Waals surface area contributed by atoms with E-state index < -0.39 is 0 Å². The first-order valence-electron chi connectivity index (χ1n) is 8.44. The highest BCUT2D eigenvalue weighted by molar-refractivity contribution is 6.22. The van der Waals surface area contributed by atoms with Gasteiger partial charge in [-0.25, -0.2) is 4.90 Å². The summed E-state index contributed by atoms with van der Waals surface area (Å²) in [4.78, 5) is 39.6. The Hall–Kier alpha value is -2.21. The summed E-state index contributed by atoms with van der Waals surface area (Å²) in [5.41, 5.74) is 1.21. The van der Waals surface area contributed by atoms with Crippen LogP contribution in [0.1, 0.15) is 33.1 Å². The molecule has 6 nitrogen and oxygen atoms in total. The molecular weight excluding hydrogens is 306 g/mol. The Balaban J connectivity index is 1.73. The molecule has 0 bridgehead atoms. The predicted molar refractivity (Wildman–Crippen MR) is 91.6 cm³/mol. The predicted octanol–water partition coefficient (Wildman–Crippen LogP) is 2.01. The molecule has 3 amide bonds. The Bertz CT molecular complexity index is 648. The number of carbonyl (C=O) groups is 3. The van der Waals surface area contributed by atoms with Crippen LogP contribution in [0.4, 0.5) is 11.4 Å². The molecule has 0 radical (unpaired) electrons. The van der Waals surface area contributed by atoms with Crippen molar-refractivity contribution in [1.82, 2.24) is 4.90 Å². The SMILES string of the molecule is CC(=O)Nc1ccc(N2C(=O)C[C@H](N3CCC(C)CC3)C2=O)cc1. The average molecular weight is 329 g/mol. The Kier molecular flexibility index (Phi) is 4.66. The van der Waals surface area contributed by atoms with Gasteiger partial charge in [-0.15, -0.1) is 0 Å². The Morgan fingerprint density at radius 2 is 1.75 bits per heavy atom. The van der Waals surface area contributed by atoms with Gasteiger partial charge >= 0.3 is 0 Å². The van der Waals surface area contributed by atoms with E-state index in [1.54, 1.807) is 24.3 Å². The van der Waals surface area contributed by atoms with Gasteiger partial charge < -0.3 is 5.32 Å². The number of amides is 3. The molecular formula is C18H23N3O3. The van der Waals surface area contributed by atoms with Crippen molar-refractivity contribution in [3.8, 4) is 0 Å². The van der Waals surface area contributed by atoms with E-state index in [2.05, 4.69) is 17.1 Å². The van der Waals surface area contributed by atoms with Crippen molar-refractivity contribution in [3.05, 3.63) is 24.3 Å². The molecule has 2 heterocycles. The number of benzene rings is 1. The van der Waals surface area contributed by atoms with Gasteiger partial charge in [-0.1, -0.05) is 6.92 Å². The lowest BCUT2D eigenvalue weighted by atomic mass is 9.97. The van der Waals surface area contributed by atoms with Gasteiger partial charge in [0.15, 0.2) is 0 Å². The summed E-state index contributed by atoms with van der Waals surface area (Å²) in [5.74, 6) is 0.235. The maximum atomic E-state index is 12.8. The van der Waals surface area contributed by atoms with Crippen molar-refractivity contribution >= 4 is 29.1 Å². The number of hydrogen-bond acceptors (Lipinski definition) is 4. The molecule has 2 fully saturated rings. The zero-order valence-electron chi connectivity index (χ0n) is 14.1. The van der Waals surface area contributed by atoms with Crippen LogP contribution in [0.2, 0.25) is 0 Å². The fourth-order valence-corrected chi connectivity index (χ4v) is 3.41. The van der Waals surface area contributed by atoms with Crippen LogP contribution in [-0.2, 0) is 14.4 Å². The molecule has 2 aliphatic heterocycles. The smallest absolute Gasteiger partial charge is 0.251 e. The van der Waals surface area contributed by atoms with Crippen LogP contribution in [0.5, 0.6) is 0 Å². The average Bonchev–Trinajstić information content (AvgIpc) is 2.83. The first-order valence-corrected chi connectivity index (χ1v) is 8.44. The Morgan fingerprint density at radius 1 is 1.12 bits per heavy atom. The lowest BCUT2D eigenvalue weighted by molar-refractivity contribution is -0.123. The molecule has 0 saturated carbocycles. The van der Waals surface area contributed by atoms with E-state index in [-0.39, 0.29) is 30.2 Å². The zero-order chi connectivity index (χ0) is 17.3. The minimum atomic E-state index is -0.333. The molecule has 2 aliphatic rings. The molecule has 1 aromatic carbocycles. The molecule has 3 rings (SSSR count). The van der Waals surface area contributed by atoms with E-state index >= 15 is 0 Å². The van der Waals surface area contributed by atoms with Crippen LogP contribution in [0.15, 0.2) is 24.3 Å². The molecule has 1 atom stereocenters. The van der Waals surface area contributed by atoms with E-state index in [9.17, 15) is 14.4 Å². The van der Waals surface area contributed by atoms with Crippen molar-refractivity contribution in [2.45, 2.75) is 39.2 Å². The molecule has 0 aliphatic carbocycles.